The molecule has 1 aromatic heterocycles. The van der Waals surface area contributed by atoms with Gasteiger partial charge in [0.1, 0.15) is 11.9 Å². The van der Waals surface area contributed by atoms with Gasteiger partial charge in [-0.25, -0.2) is 4.79 Å². The Hall–Kier alpha value is -3.81. The first kappa shape index (κ1) is 19.5. The van der Waals surface area contributed by atoms with Gasteiger partial charge in [0, 0.05) is 33.0 Å². The van der Waals surface area contributed by atoms with Crippen LogP contribution in [0.15, 0.2) is 64.3 Å². The average Bonchev–Trinajstić information content (AvgIpc) is 2.77. The van der Waals surface area contributed by atoms with E-state index in [1.807, 2.05) is 30.1 Å². The second-order valence-electron chi connectivity index (χ2n) is 7.22. The van der Waals surface area contributed by atoms with Crippen LogP contribution in [-0.2, 0) is 14.1 Å². The molecule has 0 spiro atoms. The molecular formula is C22H22N4O4. The Bertz CT molecular complexity index is 1240. The van der Waals surface area contributed by atoms with Gasteiger partial charge in [-0.1, -0.05) is 12.1 Å². The molecule has 0 fully saturated rings. The number of methoxy groups -OCH3 is 1. The summed E-state index contributed by atoms with van der Waals surface area (Å²) in [7, 11) is 6.42. The number of fused-ring (bicyclic) bond motifs is 1. The summed E-state index contributed by atoms with van der Waals surface area (Å²) in [6, 6.07) is 14.3. The molecule has 1 atom stereocenters. The zero-order chi connectivity index (χ0) is 21.6. The summed E-state index contributed by atoms with van der Waals surface area (Å²) in [5.41, 5.74) is 1.32. The average molecular weight is 406 g/mol. The number of hydrogen-bond donors (Lipinski definition) is 0. The monoisotopic (exact) mass is 406 g/mol. The number of carbonyl (C=O) groups excluding carboxylic acids is 1. The van der Waals surface area contributed by atoms with Crippen LogP contribution >= 0.6 is 0 Å². The molecule has 0 aliphatic carbocycles. The Morgan fingerprint density at radius 1 is 0.900 bits per heavy atom. The van der Waals surface area contributed by atoms with Crippen molar-refractivity contribution in [2.24, 2.45) is 14.1 Å². The number of benzene rings is 2. The number of ether oxygens (including phenoxy) is 1. The first-order valence-corrected chi connectivity index (χ1v) is 9.41. The van der Waals surface area contributed by atoms with Gasteiger partial charge in [-0.2, -0.15) is 0 Å². The van der Waals surface area contributed by atoms with Crippen LogP contribution in [0.5, 0.6) is 5.75 Å². The Labute approximate surface area is 173 Å². The van der Waals surface area contributed by atoms with Crippen LogP contribution in [0.3, 0.4) is 0 Å². The largest absolute Gasteiger partial charge is 0.497 e. The summed E-state index contributed by atoms with van der Waals surface area (Å²) in [5, 5.41) is 0. The van der Waals surface area contributed by atoms with E-state index in [0.29, 0.717) is 28.3 Å². The molecule has 0 unspecified atom stereocenters. The van der Waals surface area contributed by atoms with Crippen molar-refractivity contribution in [3.8, 4) is 5.75 Å². The highest BCUT2D eigenvalue weighted by Crippen LogP contribution is 2.39. The predicted octanol–water partition coefficient (Wildman–Crippen LogP) is 1.89. The first-order chi connectivity index (χ1) is 14.3. The van der Waals surface area contributed by atoms with Crippen molar-refractivity contribution in [2.45, 2.75) is 6.17 Å². The summed E-state index contributed by atoms with van der Waals surface area (Å²) in [6.07, 6.45) is 0.773. The lowest BCUT2D eigenvalue weighted by atomic mass is 10.0. The van der Waals surface area contributed by atoms with Gasteiger partial charge in [-0.15, -0.1) is 0 Å². The Morgan fingerprint density at radius 3 is 2.23 bits per heavy atom. The van der Waals surface area contributed by atoms with E-state index in [9.17, 15) is 14.4 Å². The van der Waals surface area contributed by atoms with Gasteiger partial charge in [-0.3, -0.25) is 19.1 Å². The highest BCUT2D eigenvalue weighted by atomic mass is 16.5. The van der Waals surface area contributed by atoms with Crippen molar-refractivity contribution in [2.75, 3.05) is 24.0 Å². The van der Waals surface area contributed by atoms with E-state index >= 15 is 0 Å². The summed E-state index contributed by atoms with van der Waals surface area (Å²) in [6.45, 7) is 0. The third-order valence-corrected chi connectivity index (χ3v) is 5.45. The zero-order valence-electron chi connectivity index (χ0n) is 17.2. The minimum absolute atomic E-state index is 0.227. The summed E-state index contributed by atoms with van der Waals surface area (Å²) < 4.78 is 7.64. The van der Waals surface area contributed by atoms with Crippen molar-refractivity contribution in [1.29, 1.82) is 0 Å². The quantitative estimate of drug-likeness (QED) is 0.664. The lowest BCUT2D eigenvalue weighted by Crippen LogP contribution is -2.52. The fraction of sp³-hybridized carbons (Fsp3) is 0.227. The maximum atomic E-state index is 13.5. The van der Waals surface area contributed by atoms with Gasteiger partial charge in [0.05, 0.1) is 23.9 Å². The Kier molecular flexibility index (Phi) is 4.69. The molecule has 2 aromatic carbocycles. The van der Waals surface area contributed by atoms with E-state index in [2.05, 4.69) is 0 Å². The van der Waals surface area contributed by atoms with Gasteiger partial charge < -0.3 is 14.2 Å². The van der Waals surface area contributed by atoms with Crippen LogP contribution in [0.4, 0.5) is 11.4 Å². The van der Waals surface area contributed by atoms with E-state index in [-0.39, 0.29) is 5.91 Å². The van der Waals surface area contributed by atoms with Crippen LogP contribution in [0, 0.1) is 0 Å². The molecular weight excluding hydrogens is 384 g/mol. The van der Waals surface area contributed by atoms with Gasteiger partial charge in [0.25, 0.3) is 11.5 Å². The highest BCUT2D eigenvalue weighted by molar-refractivity contribution is 6.12. The number of amides is 1. The normalized spacial score (nSPS) is 15.9. The van der Waals surface area contributed by atoms with E-state index < -0.39 is 17.4 Å². The fourth-order valence-corrected chi connectivity index (χ4v) is 3.87. The SMILES string of the molecule is COc1ccc(N2C(=O)c3ccccc3N(C)[C@@H]2c2cn(C)c(=O)n(C)c2=O)cc1. The lowest BCUT2D eigenvalue weighted by Gasteiger charge is -2.43. The summed E-state index contributed by atoms with van der Waals surface area (Å²) >= 11 is 0. The Balaban J connectivity index is 1.99. The predicted molar refractivity (Wildman–Crippen MR) is 114 cm³/mol. The van der Waals surface area contributed by atoms with Crippen molar-refractivity contribution in [3.63, 3.8) is 0 Å². The molecule has 8 heteroatoms. The lowest BCUT2D eigenvalue weighted by molar-refractivity contribution is 0.0969. The standard InChI is InChI=1S/C22H22N4O4/c1-23-13-17(20(27)25(3)22(23)29)19-24(2)18-8-6-5-7-16(18)21(28)26(19)14-9-11-15(30-4)12-10-14/h5-13,19H,1-4H3/t19-/m0/s1. The third kappa shape index (κ3) is 2.88. The maximum absolute atomic E-state index is 13.5. The molecule has 3 aromatic rings. The van der Waals surface area contributed by atoms with Crippen molar-refractivity contribution in [3.05, 3.63) is 86.7 Å². The van der Waals surface area contributed by atoms with Crippen LogP contribution < -0.4 is 25.8 Å². The number of aryl methyl sites for hydroxylation is 1. The number of rotatable bonds is 3. The molecule has 1 aliphatic rings. The molecule has 0 saturated carbocycles. The number of anilines is 2. The third-order valence-electron chi connectivity index (χ3n) is 5.45. The number of carbonyl (C=O) groups is 1. The van der Waals surface area contributed by atoms with Crippen molar-refractivity contribution < 1.29 is 9.53 Å². The fourth-order valence-electron chi connectivity index (χ4n) is 3.87. The topological polar surface area (TPSA) is 76.8 Å². The maximum Gasteiger partial charge on any atom is 0.330 e. The molecule has 8 nitrogen and oxygen atoms in total. The van der Waals surface area contributed by atoms with Crippen LogP contribution in [0.25, 0.3) is 0 Å². The van der Waals surface area contributed by atoms with Gasteiger partial charge >= 0.3 is 5.69 Å². The van der Waals surface area contributed by atoms with Gasteiger partial charge in [-0.05, 0) is 36.4 Å². The molecule has 1 amide bonds. The second-order valence-corrected chi connectivity index (χ2v) is 7.22. The Morgan fingerprint density at radius 2 is 1.57 bits per heavy atom. The molecule has 0 saturated heterocycles. The number of hydrogen-bond acceptors (Lipinski definition) is 5. The molecule has 1 aliphatic heterocycles. The van der Waals surface area contributed by atoms with E-state index in [1.54, 1.807) is 49.4 Å². The van der Waals surface area contributed by atoms with E-state index in [4.69, 9.17) is 4.74 Å². The number of aromatic nitrogens is 2. The van der Waals surface area contributed by atoms with E-state index in [0.717, 1.165) is 4.57 Å². The van der Waals surface area contributed by atoms with Gasteiger partial charge in [0.15, 0.2) is 0 Å². The molecule has 4 rings (SSSR count). The minimum atomic E-state index is -0.730. The minimum Gasteiger partial charge on any atom is -0.497 e. The highest BCUT2D eigenvalue weighted by Gasteiger charge is 2.39. The molecule has 0 radical (unpaired) electrons. The number of nitrogens with zero attached hydrogens (tertiary/aromatic N) is 4. The molecule has 30 heavy (non-hydrogen) atoms. The van der Waals surface area contributed by atoms with E-state index in [1.165, 1.54) is 17.8 Å². The van der Waals surface area contributed by atoms with Crippen molar-refractivity contribution >= 4 is 17.3 Å². The first-order valence-electron chi connectivity index (χ1n) is 9.41. The van der Waals surface area contributed by atoms with Crippen LogP contribution in [0.2, 0.25) is 0 Å². The summed E-state index contributed by atoms with van der Waals surface area (Å²) in [5.74, 6) is 0.432. The number of para-hydroxylation sites is 1. The van der Waals surface area contributed by atoms with Crippen LogP contribution in [-0.4, -0.2) is 29.2 Å². The second kappa shape index (κ2) is 7.22. The zero-order valence-corrected chi connectivity index (χ0v) is 17.2. The van der Waals surface area contributed by atoms with Crippen LogP contribution in [0.1, 0.15) is 22.1 Å². The molecule has 0 bridgehead atoms. The van der Waals surface area contributed by atoms with Gasteiger partial charge in [0.2, 0.25) is 0 Å². The smallest absolute Gasteiger partial charge is 0.330 e. The molecule has 0 N–H and O–H groups in total. The summed E-state index contributed by atoms with van der Waals surface area (Å²) in [4.78, 5) is 42.2. The van der Waals surface area contributed by atoms with Crippen molar-refractivity contribution in [1.82, 2.24) is 9.13 Å². The molecule has 154 valence electrons. The molecule has 2 heterocycles.